The molecule has 2 aromatic carbocycles. The minimum Gasteiger partial charge on any atom is -0.494 e. The molecule has 0 aliphatic carbocycles. The number of ether oxygens (including phenoxy) is 1. The molecule has 0 aromatic heterocycles. The Morgan fingerprint density at radius 3 is 2.29 bits per heavy atom. The quantitative estimate of drug-likeness (QED) is 0.715. The Hall–Kier alpha value is -2.96. The lowest BCUT2D eigenvalue weighted by molar-refractivity contribution is -0.132. The van der Waals surface area contributed by atoms with Gasteiger partial charge in [0.1, 0.15) is 17.4 Å². The summed E-state index contributed by atoms with van der Waals surface area (Å²) in [6, 6.07) is 12.3. The number of rotatable bonds is 6. The molecule has 3 rings (SSSR count). The van der Waals surface area contributed by atoms with Gasteiger partial charge in [-0.05, 0) is 30.7 Å². The number of piperazine rings is 1. The maximum absolute atomic E-state index is 13.8. The van der Waals surface area contributed by atoms with Crippen molar-refractivity contribution >= 4 is 11.8 Å². The fraction of sp³-hybridized carbons (Fsp3) is 0.333. The molecule has 0 bridgehead atoms. The molecule has 2 amide bonds. The van der Waals surface area contributed by atoms with Gasteiger partial charge < -0.3 is 14.5 Å². The number of hydrogen-bond donors (Lipinski definition) is 0. The van der Waals surface area contributed by atoms with Gasteiger partial charge in [0, 0.05) is 38.7 Å². The second-order valence-electron chi connectivity index (χ2n) is 6.56. The predicted molar refractivity (Wildman–Crippen MR) is 100 cm³/mol. The molecule has 0 radical (unpaired) electrons. The fourth-order valence-electron chi connectivity index (χ4n) is 3.08. The highest BCUT2D eigenvalue weighted by Crippen LogP contribution is 2.15. The summed E-state index contributed by atoms with van der Waals surface area (Å²) in [6.07, 6.45) is 0.973. The number of nitrogens with zero attached hydrogens (tertiary/aromatic N) is 2. The van der Waals surface area contributed by atoms with Gasteiger partial charge >= 0.3 is 0 Å². The van der Waals surface area contributed by atoms with Crippen molar-refractivity contribution in [1.29, 1.82) is 0 Å². The lowest BCUT2D eigenvalue weighted by Gasteiger charge is -2.35. The zero-order chi connectivity index (χ0) is 19.9. The van der Waals surface area contributed by atoms with Crippen molar-refractivity contribution in [2.45, 2.75) is 12.8 Å². The molecule has 1 aliphatic heterocycles. The first-order chi connectivity index (χ1) is 13.5. The summed E-state index contributed by atoms with van der Waals surface area (Å²) >= 11 is 0. The molecule has 0 N–H and O–H groups in total. The largest absolute Gasteiger partial charge is 0.494 e. The third kappa shape index (κ3) is 5.06. The minimum atomic E-state index is -0.873. The summed E-state index contributed by atoms with van der Waals surface area (Å²) in [5, 5.41) is 0. The van der Waals surface area contributed by atoms with Crippen LogP contribution >= 0.6 is 0 Å². The predicted octanol–water partition coefficient (Wildman–Crippen LogP) is 3.11. The Balaban J connectivity index is 1.41. The normalized spacial score (nSPS) is 14.1. The molecule has 5 nitrogen and oxygen atoms in total. The van der Waals surface area contributed by atoms with E-state index in [4.69, 9.17) is 4.74 Å². The molecular formula is C21H22F2N2O3. The Morgan fingerprint density at radius 1 is 0.929 bits per heavy atom. The van der Waals surface area contributed by atoms with E-state index in [0.717, 1.165) is 17.9 Å². The van der Waals surface area contributed by atoms with Crippen LogP contribution in [0.3, 0.4) is 0 Å². The SMILES string of the molecule is O=C(CCCOc1ccccc1)N1CCN(C(=O)c2ccc(F)cc2F)CC1. The van der Waals surface area contributed by atoms with Crippen molar-refractivity contribution < 1.29 is 23.1 Å². The number of amides is 2. The lowest BCUT2D eigenvalue weighted by atomic mass is 10.1. The topological polar surface area (TPSA) is 49.9 Å². The number of para-hydroxylation sites is 1. The summed E-state index contributed by atoms with van der Waals surface area (Å²) in [4.78, 5) is 27.9. The first-order valence-corrected chi connectivity index (χ1v) is 9.24. The van der Waals surface area contributed by atoms with Crippen molar-refractivity contribution in [1.82, 2.24) is 9.80 Å². The zero-order valence-corrected chi connectivity index (χ0v) is 15.4. The highest BCUT2D eigenvalue weighted by Gasteiger charge is 2.26. The van der Waals surface area contributed by atoms with Crippen molar-refractivity contribution in [2.75, 3.05) is 32.8 Å². The molecule has 28 heavy (non-hydrogen) atoms. The molecule has 0 spiro atoms. The molecule has 1 heterocycles. The van der Waals surface area contributed by atoms with Crippen LogP contribution in [0.25, 0.3) is 0 Å². The summed E-state index contributed by atoms with van der Waals surface area (Å²) < 4.78 is 32.4. The third-order valence-corrected chi connectivity index (χ3v) is 4.63. The van der Waals surface area contributed by atoms with E-state index in [0.29, 0.717) is 51.7 Å². The van der Waals surface area contributed by atoms with Crippen LogP contribution in [0.4, 0.5) is 8.78 Å². The van der Waals surface area contributed by atoms with Gasteiger partial charge in [-0.3, -0.25) is 9.59 Å². The molecule has 7 heteroatoms. The molecule has 0 atom stereocenters. The zero-order valence-electron chi connectivity index (χ0n) is 15.4. The van der Waals surface area contributed by atoms with Gasteiger partial charge in [-0.25, -0.2) is 8.78 Å². The Bertz CT molecular complexity index is 822. The van der Waals surface area contributed by atoms with Crippen LogP contribution in [0.5, 0.6) is 5.75 Å². The van der Waals surface area contributed by atoms with Crippen molar-refractivity contribution in [3.05, 3.63) is 65.7 Å². The van der Waals surface area contributed by atoms with E-state index in [1.54, 1.807) is 4.90 Å². The number of carbonyl (C=O) groups excluding carboxylic acids is 2. The van der Waals surface area contributed by atoms with Gasteiger partial charge in [-0.2, -0.15) is 0 Å². The second kappa shape index (κ2) is 9.30. The fourth-order valence-corrected chi connectivity index (χ4v) is 3.08. The van der Waals surface area contributed by atoms with Crippen LogP contribution in [0, 0.1) is 11.6 Å². The van der Waals surface area contributed by atoms with E-state index >= 15 is 0 Å². The van der Waals surface area contributed by atoms with Crippen LogP contribution in [0.2, 0.25) is 0 Å². The highest BCUT2D eigenvalue weighted by molar-refractivity contribution is 5.94. The van der Waals surface area contributed by atoms with Crippen molar-refractivity contribution in [3.8, 4) is 5.75 Å². The van der Waals surface area contributed by atoms with E-state index in [1.165, 1.54) is 4.90 Å². The first-order valence-electron chi connectivity index (χ1n) is 9.24. The van der Waals surface area contributed by atoms with Gasteiger partial charge in [-0.15, -0.1) is 0 Å². The molecular weight excluding hydrogens is 366 g/mol. The first kappa shape index (κ1) is 19.8. The Morgan fingerprint density at radius 2 is 1.61 bits per heavy atom. The molecule has 1 fully saturated rings. The van der Waals surface area contributed by atoms with Crippen molar-refractivity contribution in [2.24, 2.45) is 0 Å². The molecule has 148 valence electrons. The van der Waals surface area contributed by atoms with Crippen LogP contribution in [0.15, 0.2) is 48.5 Å². The van der Waals surface area contributed by atoms with E-state index in [-0.39, 0.29) is 11.5 Å². The van der Waals surface area contributed by atoms with Crippen LogP contribution in [0.1, 0.15) is 23.2 Å². The molecule has 0 unspecified atom stereocenters. The van der Waals surface area contributed by atoms with Gasteiger partial charge in [0.25, 0.3) is 5.91 Å². The lowest BCUT2D eigenvalue weighted by Crippen LogP contribution is -2.50. The van der Waals surface area contributed by atoms with Gasteiger partial charge in [0.15, 0.2) is 0 Å². The van der Waals surface area contributed by atoms with E-state index in [2.05, 4.69) is 0 Å². The number of benzene rings is 2. The minimum absolute atomic E-state index is 0.0109. The van der Waals surface area contributed by atoms with Crippen molar-refractivity contribution in [3.63, 3.8) is 0 Å². The summed E-state index contributed by atoms with van der Waals surface area (Å²) in [6.45, 7) is 1.89. The monoisotopic (exact) mass is 388 g/mol. The maximum atomic E-state index is 13.8. The summed E-state index contributed by atoms with van der Waals surface area (Å²) in [7, 11) is 0. The van der Waals surface area contributed by atoms with Gasteiger partial charge in [-0.1, -0.05) is 18.2 Å². The number of hydrogen-bond acceptors (Lipinski definition) is 3. The molecule has 2 aromatic rings. The van der Waals surface area contributed by atoms with Gasteiger partial charge in [0.2, 0.25) is 5.91 Å². The van der Waals surface area contributed by atoms with E-state index < -0.39 is 17.5 Å². The molecule has 1 aliphatic rings. The van der Waals surface area contributed by atoms with Crippen LogP contribution in [-0.2, 0) is 4.79 Å². The Labute approximate surface area is 162 Å². The average molecular weight is 388 g/mol. The summed E-state index contributed by atoms with van der Waals surface area (Å²) in [5.41, 5.74) is -0.153. The molecule has 0 saturated carbocycles. The highest BCUT2D eigenvalue weighted by atomic mass is 19.1. The van der Waals surface area contributed by atoms with Crippen LogP contribution in [-0.4, -0.2) is 54.4 Å². The number of halogens is 2. The second-order valence-corrected chi connectivity index (χ2v) is 6.56. The summed E-state index contributed by atoms with van der Waals surface area (Å²) in [5.74, 6) is -1.30. The van der Waals surface area contributed by atoms with E-state index in [9.17, 15) is 18.4 Å². The van der Waals surface area contributed by atoms with Crippen LogP contribution < -0.4 is 4.74 Å². The standard InChI is InChI=1S/C21H22F2N2O3/c22-16-8-9-18(19(23)15-16)21(27)25-12-10-24(11-13-25)20(26)7-4-14-28-17-5-2-1-3-6-17/h1-3,5-6,8-9,15H,4,7,10-14H2. The molecule has 1 saturated heterocycles. The smallest absolute Gasteiger partial charge is 0.256 e. The maximum Gasteiger partial charge on any atom is 0.256 e. The number of carbonyl (C=O) groups is 2. The van der Waals surface area contributed by atoms with E-state index in [1.807, 2.05) is 30.3 Å². The van der Waals surface area contributed by atoms with Gasteiger partial charge in [0.05, 0.1) is 12.2 Å². The average Bonchev–Trinajstić information content (AvgIpc) is 2.71. The third-order valence-electron chi connectivity index (χ3n) is 4.63. The Kier molecular flexibility index (Phi) is 6.57.